The first-order valence-corrected chi connectivity index (χ1v) is 5.37. The van der Waals surface area contributed by atoms with Gasteiger partial charge in [0, 0.05) is 0 Å². The average molecular weight is 273 g/mol. The Morgan fingerprint density at radius 1 is 1.12 bits per heavy atom. The van der Waals surface area contributed by atoms with Crippen LogP contribution in [0.5, 0.6) is 11.6 Å². The summed E-state index contributed by atoms with van der Waals surface area (Å²) in [6.45, 7) is 0. The summed E-state index contributed by atoms with van der Waals surface area (Å²) in [5, 5.41) is 0.481. The number of nitrogens with two attached hydrogens (primary N) is 1. The molecular weight excluding hydrogens is 266 g/mol. The van der Waals surface area contributed by atoms with Crippen molar-refractivity contribution >= 4 is 29.0 Å². The summed E-state index contributed by atoms with van der Waals surface area (Å²) >= 11 is 11.6. The quantitative estimate of drug-likeness (QED) is 0.902. The highest BCUT2D eigenvalue weighted by Gasteiger charge is 2.09. The van der Waals surface area contributed by atoms with E-state index in [1.807, 2.05) is 0 Å². The Morgan fingerprint density at radius 2 is 1.76 bits per heavy atom. The van der Waals surface area contributed by atoms with E-state index < -0.39 is 0 Å². The normalized spacial score (nSPS) is 10.3. The molecule has 0 amide bonds. The average Bonchev–Trinajstić information content (AvgIpc) is 2.29. The highest BCUT2D eigenvalue weighted by atomic mass is 35.5. The monoisotopic (exact) mass is 272 g/mol. The number of halogens is 3. The van der Waals surface area contributed by atoms with Gasteiger partial charge < -0.3 is 10.5 Å². The summed E-state index contributed by atoms with van der Waals surface area (Å²) in [4.78, 5) is 3.89. The first-order chi connectivity index (χ1) is 8.06. The molecular formula is C11H7Cl2FN2O. The van der Waals surface area contributed by atoms with Gasteiger partial charge in [-0.05, 0) is 30.3 Å². The predicted octanol–water partition coefficient (Wildman–Crippen LogP) is 3.90. The molecule has 0 saturated heterocycles. The SMILES string of the molecule is Nc1nc(Oc2ccc(F)cc2)c(Cl)cc1Cl. The van der Waals surface area contributed by atoms with Crippen molar-refractivity contribution in [2.45, 2.75) is 0 Å². The number of hydrogen-bond donors (Lipinski definition) is 1. The Labute approximate surface area is 107 Å². The van der Waals surface area contributed by atoms with Crippen molar-refractivity contribution in [1.82, 2.24) is 4.98 Å². The number of anilines is 1. The van der Waals surface area contributed by atoms with E-state index in [2.05, 4.69) is 4.98 Å². The molecule has 1 aromatic carbocycles. The van der Waals surface area contributed by atoms with Crippen molar-refractivity contribution < 1.29 is 9.13 Å². The van der Waals surface area contributed by atoms with Crippen molar-refractivity contribution in [1.29, 1.82) is 0 Å². The van der Waals surface area contributed by atoms with Crippen molar-refractivity contribution in [3.05, 3.63) is 46.2 Å². The van der Waals surface area contributed by atoms with Gasteiger partial charge in [-0.25, -0.2) is 4.39 Å². The Kier molecular flexibility index (Phi) is 3.36. The predicted molar refractivity (Wildman–Crippen MR) is 65.1 cm³/mol. The second-order valence-corrected chi connectivity index (χ2v) is 4.01. The molecule has 0 atom stereocenters. The summed E-state index contributed by atoms with van der Waals surface area (Å²) in [5.41, 5.74) is 5.53. The highest BCUT2D eigenvalue weighted by molar-refractivity contribution is 6.36. The lowest BCUT2D eigenvalue weighted by Crippen LogP contribution is -1.95. The zero-order valence-corrected chi connectivity index (χ0v) is 9.97. The zero-order valence-electron chi connectivity index (χ0n) is 8.45. The molecule has 0 aliphatic heterocycles. The fourth-order valence-electron chi connectivity index (χ4n) is 1.15. The lowest BCUT2D eigenvalue weighted by atomic mass is 10.3. The Bertz CT molecular complexity index is 546. The van der Waals surface area contributed by atoms with Gasteiger partial charge in [0.25, 0.3) is 0 Å². The minimum atomic E-state index is -0.355. The fourth-order valence-corrected chi connectivity index (χ4v) is 1.55. The van der Waals surface area contributed by atoms with E-state index in [0.29, 0.717) is 5.75 Å². The lowest BCUT2D eigenvalue weighted by molar-refractivity contribution is 0.462. The Hall–Kier alpha value is -1.52. The third-order valence-electron chi connectivity index (χ3n) is 1.95. The van der Waals surface area contributed by atoms with Crippen LogP contribution in [0.4, 0.5) is 10.2 Å². The van der Waals surface area contributed by atoms with Crippen LogP contribution in [0.15, 0.2) is 30.3 Å². The Morgan fingerprint density at radius 3 is 2.41 bits per heavy atom. The number of benzene rings is 1. The van der Waals surface area contributed by atoms with Crippen LogP contribution in [-0.4, -0.2) is 4.98 Å². The molecule has 0 fully saturated rings. The number of ether oxygens (including phenoxy) is 1. The van der Waals surface area contributed by atoms with Gasteiger partial charge in [0.05, 0.1) is 5.02 Å². The second-order valence-electron chi connectivity index (χ2n) is 3.20. The van der Waals surface area contributed by atoms with E-state index in [1.165, 1.54) is 30.3 Å². The van der Waals surface area contributed by atoms with Crippen LogP contribution in [0.1, 0.15) is 0 Å². The fraction of sp³-hybridized carbons (Fsp3) is 0. The van der Waals surface area contributed by atoms with E-state index in [9.17, 15) is 4.39 Å². The highest BCUT2D eigenvalue weighted by Crippen LogP contribution is 2.32. The van der Waals surface area contributed by atoms with Gasteiger partial charge in [-0.1, -0.05) is 23.2 Å². The van der Waals surface area contributed by atoms with Crippen molar-refractivity contribution in [3.8, 4) is 11.6 Å². The van der Waals surface area contributed by atoms with Crippen molar-refractivity contribution in [3.63, 3.8) is 0 Å². The molecule has 2 N–H and O–H groups in total. The van der Waals surface area contributed by atoms with Gasteiger partial charge in [0.15, 0.2) is 0 Å². The van der Waals surface area contributed by atoms with Gasteiger partial charge in [-0.3, -0.25) is 0 Å². The van der Waals surface area contributed by atoms with Crippen LogP contribution in [0, 0.1) is 5.82 Å². The lowest BCUT2D eigenvalue weighted by Gasteiger charge is -2.07. The number of aromatic nitrogens is 1. The van der Waals surface area contributed by atoms with E-state index in [4.69, 9.17) is 33.7 Å². The van der Waals surface area contributed by atoms with Gasteiger partial charge in [-0.2, -0.15) is 4.98 Å². The summed E-state index contributed by atoms with van der Waals surface area (Å²) < 4.78 is 18.0. The third kappa shape index (κ3) is 2.78. The summed E-state index contributed by atoms with van der Waals surface area (Å²) in [6, 6.07) is 6.88. The summed E-state index contributed by atoms with van der Waals surface area (Å²) in [5.74, 6) is 0.294. The number of rotatable bonds is 2. The minimum absolute atomic E-state index is 0.119. The van der Waals surface area contributed by atoms with Crippen LogP contribution < -0.4 is 10.5 Å². The molecule has 0 saturated carbocycles. The molecule has 1 heterocycles. The van der Waals surface area contributed by atoms with Crippen molar-refractivity contribution in [2.24, 2.45) is 0 Å². The smallest absolute Gasteiger partial charge is 0.240 e. The molecule has 2 aromatic rings. The molecule has 0 bridgehead atoms. The van der Waals surface area contributed by atoms with Crippen LogP contribution >= 0.6 is 23.2 Å². The van der Waals surface area contributed by atoms with E-state index in [1.54, 1.807) is 0 Å². The van der Waals surface area contributed by atoms with Crippen LogP contribution in [0.25, 0.3) is 0 Å². The van der Waals surface area contributed by atoms with Crippen LogP contribution in [0.3, 0.4) is 0 Å². The molecule has 0 radical (unpaired) electrons. The van der Waals surface area contributed by atoms with Gasteiger partial charge in [0.2, 0.25) is 5.88 Å². The topological polar surface area (TPSA) is 48.1 Å². The summed E-state index contributed by atoms with van der Waals surface area (Å²) in [7, 11) is 0. The van der Waals surface area contributed by atoms with Gasteiger partial charge in [0.1, 0.15) is 22.4 Å². The van der Waals surface area contributed by atoms with Crippen LogP contribution in [-0.2, 0) is 0 Å². The van der Waals surface area contributed by atoms with Gasteiger partial charge >= 0.3 is 0 Å². The molecule has 2 rings (SSSR count). The maximum atomic E-state index is 12.7. The van der Waals surface area contributed by atoms with Crippen LogP contribution in [0.2, 0.25) is 10.0 Å². The second kappa shape index (κ2) is 4.77. The Balaban J connectivity index is 2.30. The van der Waals surface area contributed by atoms with E-state index in [0.717, 1.165) is 0 Å². The van der Waals surface area contributed by atoms with Crippen molar-refractivity contribution in [2.75, 3.05) is 5.73 Å². The third-order valence-corrected chi connectivity index (χ3v) is 2.53. The molecule has 3 nitrogen and oxygen atoms in total. The minimum Gasteiger partial charge on any atom is -0.437 e. The molecule has 88 valence electrons. The standard InChI is InChI=1S/C11H7Cl2FN2O/c12-8-5-9(13)11(16-10(8)15)17-7-3-1-6(14)2-4-7/h1-5H,(H2,15,16). The summed E-state index contributed by atoms with van der Waals surface area (Å²) in [6.07, 6.45) is 0. The number of nitrogen functional groups attached to an aromatic ring is 1. The first kappa shape index (κ1) is 12.0. The number of pyridine rings is 1. The maximum Gasteiger partial charge on any atom is 0.240 e. The maximum absolute atomic E-state index is 12.7. The molecule has 6 heteroatoms. The molecule has 0 unspecified atom stereocenters. The molecule has 17 heavy (non-hydrogen) atoms. The number of nitrogens with zero attached hydrogens (tertiary/aromatic N) is 1. The molecule has 0 aliphatic rings. The molecule has 0 aliphatic carbocycles. The molecule has 1 aromatic heterocycles. The zero-order chi connectivity index (χ0) is 12.4. The largest absolute Gasteiger partial charge is 0.437 e. The van der Waals surface area contributed by atoms with Gasteiger partial charge in [-0.15, -0.1) is 0 Å². The van der Waals surface area contributed by atoms with E-state index >= 15 is 0 Å². The first-order valence-electron chi connectivity index (χ1n) is 4.61. The van der Waals surface area contributed by atoms with E-state index in [-0.39, 0.29) is 27.6 Å². The number of hydrogen-bond acceptors (Lipinski definition) is 3. The molecule has 0 spiro atoms.